The number of hydrogen-bond acceptors (Lipinski definition) is 3. The molecule has 0 spiro atoms. The van der Waals surface area contributed by atoms with Crippen LogP contribution in [0, 0.1) is 0 Å². The highest BCUT2D eigenvalue weighted by Gasteiger charge is 2.36. The molecule has 5 heteroatoms. The number of nitrogens with one attached hydrogen (secondary N) is 2. The average molecular weight is 266 g/mol. The van der Waals surface area contributed by atoms with Crippen molar-refractivity contribution in [2.24, 2.45) is 0 Å². The van der Waals surface area contributed by atoms with Gasteiger partial charge in [0.15, 0.2) is 0 Å². The van der Waals surface area contributed by atoms with Crippen molar-refractivity contribution in [3.63, 3.8) is 0 Å². The van der Waals surface area contributed by atoms with Gasteiger partial charge < -0.3 is 5.32 Å². The second-order valence-corrected chi connectivity index (χ2v) is 7.20. The van der Waals surface area contributed by atoms with E-state index in [-0.39, 0.29) is 5.54 Å². The first kappa shape index (κ1) is 12.0. The largest absolute Gasteiger partial charge is 0.384 e. The first-order valence-electron chi connectivity index (χ1n) is 6.39. The molecule has 0 atom stereocenters. The van der Waals surface area contributed by atoms with Crippen molar-refractivity contribution < 1.29 is 8.42 Å². The van der Waals surface area contributed by atoms with E-state index in [9.17, 15) is 8.42 Å². The molecule has 0 bridgehead atoms. The molecule has 0 unspecified atom stereocenters. The van der Waals surface area contributed by atoms with Crippen LogP contribution in [-0.4, -0.2) is 20.5 Å². The van der Waals surface area contributed by atoms with Crippen molar-refractivity contribution in [1.29, 1.82) is 0 Å². The van der Waals surface area contributed by atoms with E-state index in [4.69, 9.17) is 0 Å². The molecule has 1 heterocycles. The maximum atomic E-state index is 12.3. The Morgan fingerprint density at radius 2 is 2.11 bits per heavy atom. The van der Waals surface area contributed by atoms with Gasteiger partial charge in [0.05, 0.1) is 4.90 Å². The summed E-state index contributed by atoms with van der Waals surface area (Å²) in [4.78, 5) is 0.387. The lowest BCUT2D eigenvalue weighted by Crippen LogP contribution is -2.50. The molecule has 4 nitrogen and oxygen atoms in total. The SMILES string of the molecule is CC1(NS(=O)(=O)c2ccc3c(c2)CCN3)CCC1. The Hall–Kier alpha value is -1.07. The molecule has 2 aliphatic rings. The van der Waals surface area contributed by atoms with Crippen molar-refractivity contribution in [3.05, 3.63) is 23.8 Å². The molecule has 1 aliphatic heterocycles. The predicted molar refractivity (Wildman–Crippen MR) is 71.2 cm³/mol. The third-order valence-corrected chi connectivity index (χ3v) is 5.57. The second kappa shape index (κ2) is 3.96. The molecule has 2 N–H and O–H groups in total. The summed E-state index contributed by atoms with van der Waals surface area (Å²) < 4.78 is 27.4. The summed E-state index contributed by atoms with van der Waals surface area (Å²) >= 11 is 0. The zero-order chi connectivity index (χ0) is 12.8. The molecule has 0 amide bonds. The summed E-state index contributed by atoms with van der Waals surface area (Å²) in [5, 5.41) is 3.23. The van der Waals surface area contributed by atoms with Crippen LogP contribution in [0.1, 0.15) is 31.7 Å². The summed E-state index contributed by atoms with van der Waals surface area (Å²) in [6.07, 6.45) is 3.86. The van der Waals surface area contributed by atoms with Gasteiger partial charge in [0.2, 0.25) is 10.0 Å². The molecule has 0 radical (unpaired) electrons. The van der Waals surface area contributed by atoms with Gasteiger partial charge in [-0.3, -0.25) is 0 Å². The Labute approximate surface area is 108 Å². The quantitative estimate of drug-likeness (QED) is 0.878. The second-order valence-electron chi connectivity index (χ2n) is 5.52. The van der Waals surface area contributed by atoms with Gasteiger partial charge in [0, 0.05) is 17.8 Å². The minimum atomic E-state index is -3.38. The summed E-state index contributed by atoms with van der Waals surface area (Å²) in [5.74, 6) is 0. The first-order valence-corrected chi connectivity index (χ1v) is 7.88. The highest BCUT2D eigenvalue weighted by atomic mass is 32.2. The van der Waals surface area contributed by atoms with Crippen LogP contribution in [0.15, 0.2) is 23.1 Å². The lowest BCUT2D eigenvalue weighted by Gasteiger charge is -2.38. The molecule has 3 rings (SSSR count). The van der Waals surface area contributed by atoms with Gasteiger partial charge in [0.1, 0.15) is 0 Å². The number of sulfonamides is 1. The topological polar surface area (TPSA) is 58.2 Å². The minimum Gasteiger partial charge on any atom is -0.384 e. The van der Waals surface area contributed by atoms with Crippen LogP contribution in [0.25, 0.3) is 0 Å². The lowest BCUT2D eigenvalue weighted by molar-refractivity contribution is 0.248. The number of anilines is 1. The van der Waals surface area contributed by atoms with Gasteiger partial charge in [-0.2, -0.15) is 0 Å². The molecule has 1 saturated carbocycles. The molecule has 1 aromatic carbocycles. The molecule has 1 fully saturated rings. The van der Waals surface area contributed by atoms with E-state index in [2.05, 4.69) is 10.0 Å². The van der Waals surface area contributed by atoms with Gasteiger partial charge >= 0.3 is 0 Å². The van der Waals surface area contributed by atoms with Crippen molar-refractivity contribution in [2.45, 2.75) is 43.0 Å². The van der Waals surface area contributed by atoms with E-state index >= 15 is 0 Å². The maximum Gasteiger partial charge on any atom is 0.241 e. The minimum absolute atomic E-state index is 0.240. The summed E-state index contributed by atoms with van der Waals surface area (Å²) in [6, 6.07) is 5.33. The van der Waals surface area contributed by atoms with E-state index in [0.29, 0.717) is 4.90 Å². The van der Waals surface area contributed by atoms with Gasteiger partial charge in [-0.05, 0) is 56.4 Å². The summed E-state index contributed by atoms with van der Waals surface area (Å²) in [7, 11) is -3.38. The van der Waals surface area contributed by atoms with Crippen molar-refractivity contribution in [1.82, 2.24) is 4.72 Å². The van der Waals surface area contributed by atoms with Crippen LogP contribution in [0.3, 0.4) is 0 Å². The fourth-order valence-electron chi connectivity index (χ4n) is 2.64. The molecule has 18 heavy (non-hydrogen) atoms. The fraction of sp³-hybridized carbons (Fsp3) is 0.538. The smallest absolute Gasteiger partial charge is 0.241 e. The average Bonchev–Trinajstić information content (AvgIpc) is 2.73. The fourth-order valence-corrected chi connectivity index (χ4v) is 4.16. The Bertz CT molecular complexity index is 577. The third kappa shape index (κ3) is 2.01. The van der Waals surface area contributed by atoms with E-state index < -0.39 is 10.0 Å². The molecule has 0 saturated heterocycles. The van der Waals surface area contributed by atoms with Crippen molar-refractivity contribution >= 4 is 15.7 Å². The third-order valence-electron chi connectivity index (χ3n) is 3.93. The van der Waals surface area contributed by atoms with Crippen LogP contribution >= 0.6 is 0 Å². The highest BCUT2D eigenvalue weighted by Crippen LogP contribution is 2.33. The van der Waals surface area contributed by atoms with Crippen LogP contribution in [0.4, 0.5) is 5.69 Å². The first-order chi connectivity index (χ1) is 8.49. The molecule has 1 aliphatic carbocycles. The Balaban J connectivity index is 1.89. The highest BCUT2D eigenvalue weighted by molar-refractivity contribution is 7.89. The normalized spacial score (nSPS) is 20.9. The van der Waals surface area contributed by atoms with Gasteiger partial charge in [-0.15, -0.1) is 0 Å². The zero-order valence-electron chi connectivity index (χ0n) is 10.5. The van der Waals surface area contributed by atoms with Gasteiger partial charge in [0.25, 0.3) is 0 Å². The van der Waals surface area contributed by atoms with Crippen LogP contribution in [0.2, 0.25) is 0 Å². The van der Waals surface area contributed by atoms with Gasteiger partial charge in [-0.25, -0.2) is 13.1 Å². The molecular weight excluding hydrogens is 248 g/mol. The van der Waals surface area contributed by atoms with Crippen molar-refractivity contribution in [2.75, 3.05) is 11.9 Å². The summed E-state index contributed by atoms with van der Waals surface area (Å²) in [5.41, 5.74) is 1.91. The molecule has 0 aromatic heterocycles. The van der Waals surface area contributed by atoms with Crippen LogP contribution in [-0.2, 0) is 16.4 Å². The Kier molecular flexibility index (Phi) is 2.64. The number of fused-ring (bicyclic) bond motifs is 1. The molecule has 1 aromatic rings. The van der Waals surface area contributed by atoms with E-state index in [1.54, 1.807) is 12.1 Å². The number of benzene rings is 1. The standard InChI is InChI=1S/C13H18N2O2S/c1-13(6-2-7-13)15-18(16,17)11-3-4-12-10(9-11)5-8-14-12/h3-4,9,14-15H,2,5-8H2,1H3. The zero-order valence-corrected chi connectivity index (χ0v) is 11.3. The molecular formula is C13H18N2O2S. The Morgan fingerprint density at radius 1 is 1.33 bits per heavy atom. The van der Waals surface area contributed by atoms with Gasteiger partial charge in [-0.1, -0.05) is 0 Å². The van der Waals surface area contributed by atoms with E-state index in [1.807, 2.05) is 13.0 Å². The van der Waals surface area contributed by atoms with E-state index in [1.165, 1.54) is 0 Å². The Morgan fingerprint density at radius 3 is 2.78 bits per heavy atom. The predicted octanol–water partition coefficient (Wildman–Crippen LogP) is 1.88. The van der Waals surface area contributed by atoms with Crippen LogP contribution in [0.5, 0.6) is 0 Å². The van der Waals surface area contributed by atoms with E-state index in [0.717, 1.165) is 43.5 Å². The van der Waals surface area contributed by atoms with Crippen LogP contribution < -0.4 is 10.0 Å². The number of rotatable bonds is 3. The number of hydrogen-bond donors (Lipinski definition) is 2. The monoisotopic (exact) mass is 266 g/mol. The van der Waals surface area contributed by atoms with Crippen molar-refractivity contribution in [3.8, 4) is 0 Å². The molecule has 98 valence electrons. The lowest BCUT2D eigenvalue weighted by atomic mass is 9.80. The summed E-state index contributed by atoms with van der Waals surface area (Å²) in [6.45, 7) is 2.87. The maximum absolute atomic E-state index is 12.3.